The highest BCUT2D eigenvalue weighted by Gasteiger charge is 2.00. The summed E-state index contributed by atoms with van der Waals surface area (Å²) >= 11 is 5.10. The summed E-state index contributed by atoms with van der Waals surface area (Å²) in [6.45, 7) is 5.16. The van der Waals surface area contributed by atoms with Crippen LogP contribution in [0.25, 0.3) is 0 Å². The van der Waals surface area contributed by atoms with Gasteiger partial charge in [-0.15, -0.1) is 0 Å². The fourth-order valence-electron chi connectivity index (χ4n) is 1.59. The van der Waals surface area contributed by atoms with Crippen LogP contribution < -0.4 is 0 Å². The van der Waals surface area contributed by atoms with Crippen molar-refractivity contribution in [3.05, 3.63) is 46.5 Å². The summed E-state index contributed by atoms with van der Waals surface area (Å²) in [5.74, 6) is 0.574. The zero-order valence-corrected chi connectivity index (χ0v) is 10.3. The molecule has 84 valence electrons. The van der Waals surface area contributed by atoms with E-state index in [4.69, 9.17) is 12.2 Å². The third-order valence-corrected chi connectivity index (χ3v) is 2.94. The van der Waals surface area contributed by atoms with Crippen LogP contribution in [0.1, 0.15) is 30.9 Å². The lowest BCUT2D eigenvalue weighted by Crippen LogP contribution is -1.98. The fraction of sp³-hybridized carbons (Fsp3) is 0.333. The van der Waals surface area contributed by atoms with Gasteiger partial charge in [-0.2, -0.15) is 5.10 Å². The molecule has 0 fully saturated rings. The molecular weight excluding hydrogens is 218 g/mol. The molecule has 1 N–H and O–H groups in total. The van der Waals surface area contributed by atoms with Gasteiger partial charge in [0, 0.05) is 0 Å². The van der Waals surface area contributed by atoms with Crippen LogP contribution in [0.4, 0.5) is 0 Å². The SMILES string of the molecule is CC(C)c1ccc(Cn2cn[nH]c2=S)cc1. The van der Waals surface area contributed by atoms with E-state index in [1.54, 1.807) is 6.33 Å². The van der Waals surface area contributed by atoms with E-state index in [-0.39, 0.29) is 0 Å². The lowest BCUT2D eigenvalue weighted by atomic mass is 10.0. The first kappa shape index (κ1) is 11.1. The van der Waals surface area contributed by atoms with Gasteiger partial charge >= 0.3 is 0 Å². The smallest absolute Gasteiger partial charge is 0.195 e. The van der Waals surface area contributed by atoms with Crippen molar-refractivity contribution in [1.82, 2.24) is 14.8 Å². The molecule has 0 saturated carbocycles. The molecule has 1 aromatic carbocycles. The molecule has 3 nitrogen and oxygen atoms in total. The number of hydrogen-bond acceptors (Lipinski definition) is 2. The first-order valence-electron chi connectivity index (χ1n) is 5.35. The second kappa shape index (κ2) is 4.61. The van der Waals surface area contributed by atoms with Crippen molar-refractivity contribution in [2.75, 3.05) is 0 Å². The first-order chi connectivity index (χ1) is 7.66. The molecule has 2 aromatic rings. The largest absolute Gasteiger partial charge is 0.302 e. The Labute approximate surface area is 100 Å². The Morgan fingerprint density at radius 2 is 2.00 bits per heavy atom. The number of benzene rings is 1. The first-order valence-corrected chi connectivity index (χ1v) is 5.76. The van der Waals surface area contributed by atoms with E-state index >= 15 is 0 Å². The normalized spacial score (nSPS) is 10.9. The molecule has 1 heterocycles. The average Bonchev–Trinajstić information content (AvgIpc) is 2.65. The summed E-state index contributed by atoms with van der Waals surface area (Å²) in [7, 11) is 0. The van der Waals surface area contributed by atoms with E-state index in [1.165, 1.54) is 11.1 Å². The Bertz CT molecular complexity index is 508. The zero-order valence-electron chi connectivity index (χ0n) is 9.47. The minimum atomic E-state index is 0.574. The molecule has 4 heteroatoms. The van der Waals surface area contributed by atoms with Gasteiger partial charge in [0.2, 0.25) is 0 Å². The number of H-pyrrole nitrogens is 1. The van der Waals surface area contributed by atoms with Gasteiger partial charge in [0.05, 0.1) is 6.54 Å². The molecule has 0 atom stereocenters. The van der Waals surface area contributed by atoms with Crippen molar-refractivity contribution in [2.24, 2.45) is 0 Å². The summed E-state index contributed by atoms with van der Waals surface area (Å²) in [5, 5.41) is 6.64. The molecule has 1 aromatic heterocycles. The average molecular weight is 233 g/mol. The summed E-state index contributed by atoms with van der Waals surface area (Å²) < 4.78 is 2.58. The van der Waals surface area contributed by atoms with E-state index in [1.807, 2.05) is 4.57 Å². The van der Waals surface area contributed by atoms with Gasteiger partial charge in [-0.1, -0.05) is 38.1 Å². The topological polar surface area (TPSA) is 33.6 Å². The van der Waals surface area contributed by atoms with E-state index in [0.717, 1.165) is 6.54 Å². The van der Waals surface area contributed by atoms with Gasteiger partial charge in [-0.25, -0.2) is 0 Å². The minimum absolute atomic E-state index is 0.574. The van der Waals surface area contributed by atoms with Crippen LogP contribution in [0, 0.1) is 4.77 Å². The second-order valence-electron chi connectivity index (χ2n) is 4.19. The second-order valence-corrected chi connectivity index (χ2v) is 4.57. The van der Waals surface area contributed by atoms with Crippen LogP contribution in [-0.4, -0.2) is 14.8 Å². The number of aromatic amines is 1. The highest BCUT2D eigenvalue weighted by molar-refractivity contribution is 7.71. The molecule has 16 heavy (non-hydrogen) atoms. The van der Waals surface area contributed by atoms with Gasteiger partial charge in [0.25, 0.3) is 0 Å². The van der Waals surface area contributed by atoms with Crippen molar-refractivity contribution < 1.29 is 0 Å². The Morgan fingerprint density at radius 1 is 1.31 bits per heavy atom. The Hall–Kier alpha value is -1.42. The maximum Gasteiger partial charge on any atom is 0.195 e. The van der Waals surface area contributed by atoms with Crippen molar-refractivity contribution in [2.45, 2.75) is 26.3 Å². The van der Waals surface area contributed by atoms with Gasteiger partial charge in [-0.3, -0.25) is 5.10 Å². The Kier molecular flexibility index (Phi) is 3.19. The molecule has 0 aliphatic carbocycles. The fourth-order valence-corrected chi connectivity index (χ4v) is 1.75. The van der Waals surface area contributed by atoms with Crippen LogP contribution in [0.15, 0.2) is 30.6 Å². The number of hydrogen-bond donors (Lipinski definition) is 1. The van der Waals surface area contributed by atoms with Crippen LogP contribution in [-0.2, 0) is 6.54 Å². The number of nitrogens with one attached hydrogen (secondary N) is 1. The highest BCUT2D eigenvalue weighted by Crippen LogP contribution is 2.15. The van der Waals surface area contributed by atoms with Crippen molar-refractivity contribution in [1.29, 1.82) is 0 Å². The minimum Gasteiger partial charge on any atom is -0.302 e. The maximum absolute atomic E-state index is 5.10. The van der Waals surface area contributed by atoms with Crippen molar-refractivity contribution in [3.63, 3.8) is 0 Å². The van der Waals surface area contributed by atoms with Crippen molar-refractivity contribution >= 4 is 12.2 Å². The highest BCUT2D eigenvalue weighted by atomic mass is 32.1. The molecule has 0 saturated heterocycles. The van der Waals surface area contributed by atoms with Crippen LogP contribution >= 0.6 is 12.2 Å². The third kappa shape index (κ3) is 2.39. The number of aromatic nitrogens is 3. The number of rotatable bonds is 3. The maximum atomic E-state index is 5.10. The van der Waals surface area contributed by atoms with Crippen LogP contribution in [0.2, 0.25) is 0 Å². The third-order valence-electron chi connectivity index (χ3n) is 2.62. The predicted octanol–water partition coefficient (Wildman–Crippen LogP) is 3.11. The zero-order chi connectivity index (χ0) is 11.5. The Morgan fingerprint density at radius 3 is 2.50 bits per heavy atom. The summed E-state index contributed by atoms with van der Waals surface area (Å²) in [5.41, 5.74) is 2.60. The summed E-state index contributed by atoms with van der Waals surface area (Å²) in [6.07, 6.45) is 1.72. The van der Waals surface area contributed by atoms with Crippen LogP contribution in [0.3, 0.4) is 0 Å². The number of nitrogens with zero attached hydrogens (tertiary/aromatic N) is 2. The summed E-state index contributed by atoms with van der Waals surface area (Å²) in [4.78, 5) is 0. The van der Waals surface area contributed by atoms with E-state index in [0.29, 0.717) is 10.7 Å². The lowest BCUT2D eigenvalue weighted by Gasteiger charge is -2.07. The standard InChI is InChI=1S/C12H15N3S/c1-9(2)11-5-3-10(4-6-11)7-15-8-13-14-12(15)16/h3-6,8-9H,7H2,1-2H3,(H,14,16). The molecular formula is C12H15N3S. The summed E-state index contributed by atoms with van der Waals surface area (Å²) in [6, 6.07) is 8.63. The quantitative estimate of drug-likeness (QED) is 0.826. The van der Waals surface area contributed by atoms with Gasteiger partial charge in [0.1, 0.15) is 6.33 Å². The molecule has 0 bridgehead atoms. The van der Waals surface area contributed by atoms with Gasteiger partial charge in [-0.05, 0) is 29.3 Å². The molecule has 0 amide bonds. The lowest BCUT2D eigenvalue weighted by molar-refractivity contribution is 0.780. The monoisotopic (exact) mass is 233 g/mol. The molecule has 0 unspecified atom stereocenters. The molecule has 0 aliphatic rings. The van der Waals surface area contributed by atoms with E-state index < -0.39 is 0 Å². The van der Waals surface area contributed by atoms with Crippen LogP contribution in [0.5, 0.6) is 0 Å². The van der Waals surface area contributed by atoms with Gasteiger partial charge < -0.3 is 4.57 Å². The van der Waals surface area contributed by atoms with Gasteiger partial charge in [0.15, 0.2) is 4.77 Å². The van der Waals surface area contributed by atoms with Crippen molar-refractivity contribution in [3.8, 4) is 0 Å². The molecule has 0 spiro atoms. The van der Waals surface area contributed by atoms with E-state index in [2.05, 4.69) is 48.3 Å². The molecule has 0 aliphatic heterocycles. The molecule has 2 rings (SSSR count). The van der Waals surface area contributed by atoms with E-state index in [9.17, 15) is 0 Å². The predicted molar refractivity (Wildman–Crippen MR) is 67.0 cm³/mol. The Balaban J connectivity index is 2.17. The molecule has 0 radical (unpaired) electrons.